The number of aliphatic carboxylic acids is 1. The molecule has 0 heterocycles. The van der Waals surface area contributed by atoms with Crippen LogP contribution in [0.2, 0.25) is 0 Å². The van der Waals surface area contributed by atoms with Gasteiger partial charge in [-0.3, -0.25) is 4.99 Å². The van der Waals surface area contributed by atoms with Gasteiger partial charge in [-0.1, -0.05) is 6.07 Å². The highest BCUT2D eigenvalue weighted by Gasteiger charge is 2.18. The van der Waals surface area contributed by atoms with Crippen molar-refractivity contribution in [3.05, 3.63) is 23.8 Å². The fourth-order valence-corrected chi connectivity index (χ4v) is 2.13. The van der Waals surface area contributed by atoms with Crippen LogP contribution in [0.25, 0.3) is 0 Å². The van der Waals surface area contributed by atoms with E-state index in [2.05, 4.69) is 4.99 Å². The van der Waals surface area contributed by atoms with Gasteiger partial charge in [0.15, 0.2) is 0 Å². The van der Waals surface area contributed by atoms with Crippen molar-refractivity contribution >= 4 is 23.4 Å². The summed E-state index contributed by atoms with van der Waals surface area (Å²) in [5.74, 6) is -0.561. The van der Waals surface area contributed by atoms with E-state index in [1.165, 1.54) is 18.2 Å². The molecule has 1 atom stereocenters. The number of hydrogen-bond acceptors (Lipinski definition) is 5. The Hall–Kier alpha value is -1.69. The van der Waals surface area contributed by atoms with Crippen LogP contribution >= 0.6 is 11.8 Å². The van der Waals surface area contributed by atoms with Crippen LogP contribution in [0.5, 0.6) is 11.5 Å². The standard InChI is InChI=1S/C13H17NO4S/c1-8(12-10(15)4-3-5-11(12)16)14-9(13(17)18)6-7-19-2/h3-5,9,15-16H,6-7H2,1-2H3,(H,17,18)/b14-8-. The van der Waals surface area contributed by atoms with Gasteiger partial charge in [-0.25, -0.2) is 4.79 Å². The predicted molar refractivity (Wildman–Crippen MR) is 76.4 cm³/mol. The van der Waals surface area contributed by atoms with E-state index in [4.69, 9.17) is 5.11 Å². The Labute approximate surface area is 116 Å². The zero-order chi connectivity index (χ0) is 14.4. The van der Waals surface area contributed by atoms with Gasteiger partial charge >= 0.3 is 5.97 Å². The van der Waals surface area contributed by atoms with Crippen LogP contribution in [0.15, 0.2) is 23.2 Å². The monoisotopic (exact) mass is 283 g/mol. The first kappa shape index (κ1) is 15.4. The van der Waals surface area contributed by atoms with Gasteiger partial charge < -0.3 is 15.3 Å². The highest BCUT2D eigenvalue weighted by Crippen LogP contribution is 2.27. The van der Waals surface area contributed by atoms with Gasteiger partial charge in [0.05, 0.1) is 5.56 Å². The van der Waals surface area contributed by atoms with Crippen LogP contribution in [0, 0.1) is 0 Å². The number of benzene rings is 1. The minimum atomic E-state index is -1.01. The second kappa shape index (κ2) is 7.04. The maximum absolute atomic E-state index is 11.1. The molecule has 0 aromatic heterocycles. The first-order chi connectivity index (χ1) is 8.97. The zero-order valence-corrected chi connectivity index (χ0v) is 11.6. The zero-order valence-electron chi connectivity index (χ0n) is 10.8. The highest BCUT2D eigenvalue weighted by atomic mass is 32.2. The van der Waals surface area contributed by atoms with Crippen molar-refractivity contribution in [3.8, 4) is 11.5 Å². The lowest BCUT2D eigenvalue weighted by atomic mass is 10.1. The van der Waals surface area contributed by atoms with Crippen molar-refractivity contribution in [1.82, 2.24) is 0 Å². The van der Waals surface area contributed by atoms with Crippen molar-refractivity contribution in [2.75, 3.05) is 12.0 Å². The number of carboxylic acid groups (broad SMARTS) is 1. The molecule has 0 radical (unpaired) electrons. The quantitative estimate of drug-likeness (QED) is 0.696. The SMILES string of the molecule is CSCCC(/N=C(/C)c1c(O)cccc1O)C(=O)O. The fourth-order valence-electron chi connectivity index (χ4n) is 1.67. The first-order valence-electron chi connectivity index (χ1n) is 5.74. The number of rotatable bonds is 6. The summed E-state index contributed by atoms with van der Waals surface area (Å²) in [6.45, 7) is 1.57. The van der Waals surface area contributed by atoms with Crippen molar-refractivity contribution in [1.29, 1.82) is 0 Å². The molecule has 0 fully saturated rings. The summed E-state index contributed by atoms with van der Waals surface area (Å²) in [6, 6.07) is 3.48. The molecule has 1 unspecified atom stereocenters. The maximum atomic E-state index is 11.1. The van der Waals surface area contributed by atoms with Gasteiger partial charge in [0.1, 0.15) is 17.5 Å². The smallest absolute Gasteiger partial charge is 0.328 e. The van der Waals surface area contributed by atoms with E-state index in [0.717, 1.165) is 0 Å². The summed E-state index contributed by atoms with van der Waals surface area (Å²) >= 11 is 1.55. The van der Waals surface area contributed by atoms with Crippen LogP contribution in [0.3, 0.4) is 0 Å². The summed E-state index contributed by atoms with van der Waals surface area (Å²) in [7, 11) is 0. The molecule has 104 valence electrons. The number of phenols is 2. The molecule has 1 aromatic carbocycles. The Bertz CT molecular complexity index is 467. The summed E-state index contributed by atoms with van der Waals surface area (Å²) < 4.78 is 0. The number of aromatic hydroxyl groups is 2. The molecule has 6 heteroatoms. The van der Waals surface area contributed by atoms with E-state index < -0.39 is 12.0 Å². The molecule has 0 aliphatic heterocycles. The predicted octanol–water partition coefficient (Wildman–Crippen LogP) is 2.11. The molecule has 1 rings (SSSR count). The largest absolute Gasteiger partial charge is 0.507 e. The van der Waals surface area contributed by atoms with Crippen LogP contribution < -0.4 is 0 Å². The van der Waals surface area contributed by atoms with E-state index >= 15 is 0 Å². The van der Waals surface area contributed by atoms with Crippen LogP contribution in [-0.2, 0) is 4.79 Å². The number of phenolic OH excluding ortho intramolecular Hbond substituents is 2. The Morgan fingerprint density at radius 1 is 1.37 bits per heavy atom. The Balaban J connectivity index is 3.04. The normalized spacial score (nSPS) is 13.3. The maximum Gasteiger partial charge on any atom is 0.328 e. The van der Waals surface area contributed by atoms with Gasteiger partial charge in [0, 0.05) is 5.71 Å². The molecule has 0 spiro atoms. The molecule has 0 aliphatic carbocycles. The van der Waals surface area contributed by atoms with Crippen molar-refractivity contribution in [2.24, 2.45) is 4.99 Å². The molecule has 0 bridgehead atoms. The topological polar surface area (TPSA) is 90.1 Å². The van der Waals surface area contributed by atoms with E-state index in [-0.39, 0.29) is 17.1 Å². The second-order valence-corrected chi connectivity index (χ2v) is 5.01. The van der Waals surface area contributed by atoms with Gasteiger partial charge in [0.2, 0.25) is 0 Å². The summed E-state index contributed by atoms with van der Waals surface area (Å²) in [5.41, 5.74) is 0.488. The number of carboxylic acids is 1. The molecule has 0 amide bonds. The molecular formula is C13H17NO4S. The fraction of sp³-hybridized carbons (Fsp3) is 0.385. The van der Waals surface area contributed by atoms with Crippen molar-refractivity contribution in [2.45, 2.75) is 19.4 Å². The van der Waals surface area contributed by atoms with Crippen LogP contribution in [0.4, 0.5) is 0 Å². The number of nitrogens with zero attached hydrogens (tertiary/aromatic N) is 1. The van der Waals surface area contributed by atoms with Gasteiger partial charge in [-0.05, 0) is 37.5 Å². The molecule has 5 nitrogen and oxygen atoms in total. The number of thioether (sulfide) groups is 1. The third-order valence-corrected chi connectivity index (χ3v) is 3.26. The molecule has 19 heavy (non-hydrogen) atoms. The van der Waals surface area contributed by atoms with Crippen molar-refractivity contribution < 1.29 is 20.1 Å². The minimum Gasteiger partial charge on any atom is -0.507 e. The first-order valence-corrected chi connectivity index (χ1v) is 7.14. The summed E-state index contributed by atoms with van der Waals surface area (Å²) in [5, 5.41) is 28.5. The lowest BCUT2D eigenvalue weighted by Gasteiger charge is -2.11. The molecule has 0 aliphatic rings. The highest BCUT2D eigenvalue weighted by molar-refractivity contribution is 7.98. The average molecular weight is 283 g/mol. The van der Waals surface area contributed by atoms with E-state index in [1.807, 2.05) is 6.26 Å². The molecule has 3 N–H and O–H groups in total. The third-order valence-electron chi connectivity index (χ3n) is 2.61. The van der Waals surface area contributed by atoms with Crippen LogP contribution in [-0.4, -0.2) is 45.1 Å². The van der Waals surface area contributed by atoms with Gasteiger partial charge in [0.25, 0.3) is 0 Å². The lowest BCUT2D eigenvalue weighted by Crippen LogP contribution is -2.20. The minimum absolute atomic E-state index is 0.116. The van der Waals surface area contributed by atoms with E-state index in [1.54, 1.807) is 18.7 Å². The van der Waals surface area contributed by atoms with Gasteiger partial charge in [-0.2, -0.15) is 11.8 Å². The molecular weight excluding hydrogens is 266 g/mol. The Kier molecular flexibility index (Phi) is 5.69. The molecule has 1 aromatic rings. The van der Waals surface area contributed by atoms with Crippen LogP contribution in [0.1, 0.15) is 18.9 Å². The van der Waals surface area contributed by atoms with E-state index in [9.17, 15) is 15.0 Å². The Morgan fingerprint density at radius 2 is 1.95 bits per heavy atom. The van der Waals surface area contributed by atoms with E-state index in [0.29, 0.717) is 17.9 Å². The molecule has 0 saturated heterocycles. The lowest BCUT2D eigenvalue weighted by molar-refractivity contribution is -0.138. The average Bonchev–Trinajstić information content (AvgIpc) is 2.33. The molecule has 0 saturated carbocycles. The Morgan fingerprint density at radius 3 is 2.42 bits per heavy atom. The summed E-state index contributed by atoms with van der Waals surface area (Å²) in [4.78, 5) is 15.2. The van der Waals surface area contributed by atoms with Gasteiger partial charge in [-0.15, -0.1) is 0 Å². The second-order valence-electron chi connectivity index (χ2n) is 4.02. The van der Waals surface area contributed by atoms with Crippen molar-refractivity contribution in [3.63, 3.8) is 0 Å². The summed E-state index contributed by atoms with van der Waals surface area (Å²) in [6.07, 6.45) is 2.30. The number of aliphatic imine (C=N–C) groups is 1. The number of carbonyl (C=O) groups is 1. The number of hydrogen-bond donors (Lipinski definition) is 3. The third kappa shape index (κ3) is 4.17.